The smallest absolute Gasteiger partial charge is 0.411 e. The highest BCUT2D eigenvalue weighted by molar-refractivity contribution is 6.01. The molecule has 1 aromatic heterocycles. The second-order valence-electron chi connectivity index (χ2n) is 15.6. The Balaban J connectivity index is 1.29. The molecule has 3 aromatic rings. The van der Waals surface area contributed by atoms with Crippen LogP contribution < -0.4 is 32.7 Å². The zero-order valence-electron chi connectivity index (χ0n) is 33.6. The Labute approximate surface area is 336 Å². The number of aromatic nitrogens is 1. The Hall–Kier alpha value is -6.07. The standard InChI is InChI=1S/C41H53N9O8/c1-20(2)34(38(53)47-40(55)56)49-15-7-9-31(49)36(51)45-29-13-11-24(17-27(29)42)26-19-44-33(23(6)22(26)5)25-12-14-30(28(43)18-25)46-37(52)32-10-8-16-50(32)35(21(3)4)39(54)48-41(57)58/h11-14,17-21,31-32,34-35H,7-10,15-16,42-43H2,1-6H3,(H,45,51)(H,46,52)(H,47,53)(H,48,54)(H,55,56)(H,57,58)/t31?,32?,34-,35-/m0/s1. The van der Waals surface area contributed by atoms with Gasteiger partial charge in [-0.15, -0.1) is 0 Å². The van der Waals surface area contributed by atoms with E-state index in [1.54, 1.807) is 54.1 Å². The first kappa shape index (κ1) is 43.1. The highest BCUT2D eigenvalue weighted by atomic mass is 16.4. The molecule has 2 aromatic carbocycles. The van der Waals surface area contributed by atoms with Gasteiger partial charge in [0.1, 0.15) is 0 Å². The van der Waals surface area contributed by atoms with Gasteiger partial charge in [0.25, 0.3) is 0 Å². The summed E-state index contributed by atoms with van der Waals surface area (Å²) in [5.41, 5.74) is 19.2. The molecule has 58 heavy (non-hydrogen) atoms. The number of nitrogens with one attached hydrogen (secondary N) is 4. The second kappa shape index (κ2) is 18.0. The van der Waals surface area contributed by atoms with Crippen molar-refractivity contribution in [1.82, 2.24) is 25.4 Å². The number of carbonyl (C=O) groups is 6. The quantitative estimate of drug-likeness (QED) is 0.116. The summed E-state index contributed by atoms with van der Waals surface area (Å²) in [7, 11) is 0. The maximum Gasteiger partial charge on any atom is 0.411 e. The van der Waals surface area contributed by atoms with Crippen molar-refractivity contribution in [2.75, 3.05) is 35.2 Å². The van der Waals surface area contributed by atoms with E-state index in [2.05, 4.69) is 10.6 Å². The third kappa shape index (κ3) is 9.37. The lowest BCUT2D eigenvalue weighted by Gasteiger charge is -2.33. The molecule has 2 aliphatic heterocycles. The van der Waals surface area contributed by atoms with Gasteiger partial charge < -0.3 is 32.3 Å². The number of carbonyl (C=O) groups excluding carboxylic acids is 4. The SMILES string of the molecule is Cc1c(-c2ccc(NC(=O)C3CCCN3[C@H](C(=O)NC(=O)O)C(C)C)c(N)c2)cnc(-c2ccc(NC(=O)C3CCCN3[C@H](C(=O)NC(=O)O)C(C)C)c(N)c2)c1C. The lowest BCUT2D eigenvalue weighted by molar-refractivity contribution is -0.131. The molecule has 17 nitrogen and oxygen atoms in total. The van der Waals surface area contributed by atoms with Crippen molar-refractivity contribution >= 4 is 58.6 Å². The van der Waals surface area contributed by atoms with E-state index in [-0.39, 0.29) is 23.7 Å². The Kier molecular flexibility index (Phi) is 13.4. The predicted octanol–water partition coefficient (Wildman–Crippen LogP) is 4.64. The van der Waals surface area contributed by atoms with Crippen LogP contribution in [-0.2, 0) is 19.2 Å². The highest BCUT2D eigenvalue weighted by Gasteiger charge is 2.42. The minimum atomic E-state index is -1.44. The summed E-state index contributed by atoms with van der Waals surface area (Å²) >= 11 is 0. The van der Waals surface area contributed by atoms with Crippen LogP contribution in [-0.4, -0.2) is 98.1 Å². The largest absolute Gasteiger partial charge is 0.465 e. The van der Waals surface area contributed by atoms with Gasteiger partial charge in [0.15, 0.2) is 0 Å². The van der Waals surface area contributed by atoms with E-state index < -0.39 is 48.2 Å². The fourth-order valence-corrected chi connectivity index (χ4v) is 8.22. The molecule has 0 bridgehead atoms. The molecule has 5 rings (SSSR count). The highest BCUT2D eigenvalue weighted by Crippen LogP contribution is 2.36. The molecule has 0 spiro atoms. The van der Waals surface area contributed by atoms with Crippen molar-refractivity contribution in [3.8, 4) is 22.4 Å². The summed E-state index contributed by atoms with van der Waals surface area (Å²) < 4.78 is 0. The van der Waals surface area contributed by atoms with Crippen LogP contribution >= 0.6 is 0 Å². The maximum atomic E-state index is 13.5. The van der Waals surface area contributed by atoms with Crippen LogP contribution in [0.5, 0.6) is 0 Å². The minimum Gasteiger partial charge on any atom is -0.465 e. The van der Waals surface area contributed by atoms with Gasteiger partial charge in [-0.05, 0) is 105 Å². The molecule has 2 fully saturated rings. The van der Waals surface area contributed by atoms with Gasteiger partial charge in [-0.3, -0.25) is 44.6 Å². The molecule has 2 saturated heterocycles. The van der Waals surface area contributed by atoms with Gasteiger partial charge in [0.2, 0.25) is 23.6 Å². The summed E-state index contributed by atoms with van der Waals surface area (Å²) in [5, 5.41) is 27.9. The molecule has 310 valence electrons. The number of nitrogen functional groups attached to an aromatic ring is 2. The number of imide groups is 2. The molecule has 0 radical (unpaired) electrons. The second-order valence-corrected chi connectivity index (χ2v) is 15.6. The van der Waals surface area contributed by atoms with Gasteiger partial charge in [-0.2, -0.15) is 0 Å². The topological polar surface area (TPSA) is 262 Å². The van der Waals surface area contributed by atoms with Gasteiger partial charge in [-0.1, -0.05) is 39.8 Å². The summed E-state index contributed by atoms with van der Waals surface area (Å²) in [6.07, 6.45) is 1.20. The molecule has 17 heteroatoms. The number of anilines is 4. The third-order valence-corrected chi connectivity index (χ3v) is 11.0. The van der Waals surface area contributed by atoms with E-state index in [1.165, 1.54) is 0 Å². The third-order valence-electron chi connectivity index (χ3n) is 11.0. The van der Waals surface area contributed by atoms with Crippen molar-refractivity contribution in [3.63, 3.8) is 0 Å². The molecule has 0 aliphatic carbocycles. The van der Waals surface area contributed by atoms with Crippen LogP contribution in [0, 0.1) is 25.7 Å². The average Bonchev–Trinajstić information content (AvgIpc) is 3.81. The normalized spacial score (nSPS) is 18.1. The molecule has 3 heterocycles. The summed E-state index contributed by atoms with van der Waals surface area (Å²) in [4.78, 5) is 83.1. The number of nitrogens with zero attached hydrogens (tertiary/aromatic N) is 3. The zero-order chi connectivity index (χ0) is 42.6. The predicted molar refractivity (Wildman–Crippen MR) is 220 cm³/mol. The molecule has 2 aliphatic rings. The van der Waals surface area contributed by atoms with Crippen LogP contribution in [0.3, 0.4) is 0 Å². The number of likely N-dealkylation sites (tertiary alicyclic amines) is 2. The Morgan fingerprint density at radius 2 is 1.12 bits per heavy atom. The maximum absolute atomic E-state index is 13.5. The number of hydrogen-bond donors (Lipinski definition) is 8. The van der Waals surface area contributed by atoms with E-state index in [0.29, 0.717) is 67.2 Å². The summed E-state index contributed by atoms with van der Waals surface area (Å²) in [6.45, 7) is 12.1. The first-order chi connectivity index (χ1) is 27.4. The number of pyridine rings is 1. The minimum absolute atomic E-state index is 0.238. The Morgan fingerprint density at radius 1 is 0.690 bits per heavy atom. The first-order valence-electron chi connectivity index (χ1n) is 19.4. The van der Waals surface area contributed by atoms with Crippen LogP contribution in [0.1, 0.15) is 64.5 Å². The van der Waals surface area contributed by atoms with Gasteiger partial charge in [-0.25, -0.2) is 9.59 Å². The van der Waals surface area contributed by atoms with E-state index in [4.69, 9.17) is 26.7 Å². The van der Waals surface area contributed by atoms with Gasteiger partial charge in [0, 0.05) is 17.3 Å². The monoisotopic (exact) mass is 799 g/mol. The van der Waals surface area contributed by atoms with Crippen molar-refractivity contribution < 1.29 is 39.0 Å². The van der Waals surface area contributed by atoms with E-state index in [9.17, 15) is 28.8 Å². The first-order valence-corrected chi connectivity index (χ1v) is 19.4. The van der Waals surface area contributed by atoms with Crippen molar-refractivity contribution in [3.05, 3.63) is 53.7 Å². The van der Waals surface area contributed by atoms with Crippen LogP contribution in [0.2, 0.25) is 0 Å². The van der Waals surface area contributed by atoms with Crippen LogP contribution in [0.15, 0.2) is 42.6 Å². The van der Waals surface area contributed by atoms with E-state index >= 15 is 0 Å². The summed E-state index contributed by atoms with van der Waals surface area (Å²) in [6, 6.07) is 7.67. The number of nitrogens with two attached hydrogens (primary N) is 2. The van der Waals surface area contributed by atoms with E-state index in [0.717, 1.165) is 27.8 Å². The van der Waals surface area contributed by atoms with Crippen molar-refractivity contribution in [2.45, 2.75) is 91.4 Å². The van der Waals surface area contributed by atoms with Gasteiger partial charge in [0.05, 0.1) is 52.6 Å². The molecule has 10 N–H and O–H groups in total. The number of hydrogen-bond acceptors (Lipinski definition) is 11. The molecular weight excluding hydrogens is 747 g/mol. The van der Waals surface area contributed by atoms with Crippen molar-refractivity contribution in [2.24, 2.45) is 11.8 Å². The Bertz CT molecular complexity index is 1960. The average molecular weight is 800 g/mol. The number of amides is 6. The fraction of sp³-hybridized carbons (Fsp3) is 0.439. The number of carboxylic acid groups (broad SMARTS) is 2. The molecule has 6 amide bonds. The van der Waals surface area contributed by atoms with Crippen LogP contribution in [0.25, 0.3) is 22.4 Å². The van der Waals surface area contributed by atoms with Crippen LogP contribution in [0.4, 0.5) is 32.3 Å². The van der Waals surface area contributed by atoms with E-state index in [1.807, 2.05) is 50.5 Å². The summed E-state index contributed by atoms with van der Waals surface area (Å²) in [5.74, 6) is -2.49. The Morgan fingerprint density at radius 3 is 1.53 bits per heavy atom. The zero-order valence-corrected chi connectivity index (χ0v) is 33.6. The van der Waals surface area contributed by atoms with Gasteiger partial charge >= 0.3 is 12.2 Å². The number of benzene rings is 2. The number of rotatable bonds is 12. The molecule has 2 unspecified atom stereocenters. The fourth-order valence-electron chi connectivity index (χ4n) is 8.22. The molecule has 4 atom stereocenters. The lowest BCUT2D eigenvalue weighted by atomic mass is 9.95. The molecular formula is C41H53N9O8. The lowest BCUT2D eigenvalue weighted by Crippen LogP contribution is -2.55. The molecule has 0 saturated carbocycles. The van der Waals surface area contributed by atoms with Crippen molar-refractivity contribution in [1.29, 1.82) is 0 Å².